The number of aryl methyl sites for hydroxylation is 2. The first-order chi connectivity index (χ1) is 10.2. The van der Waals surface area contributed by atoms with Crippen LogP contribution in [0.5, 0.6) is 0 Å². The van der Waals surface area contributed by atoms with Gasteiger partial charge >= 0.3 is 0 Å². The van der Waals surface area contributed by atoms with Crippen LogP contribution in [0.25, 0.3) is 0 Å². The Balaban J connectivity index is 1.63. The Bertz CT molecular complexity index is 622. The number of carbonyl (C=O) groups is 1. The molecule has 4 heteroatoms. The van der Waals surface area contributed by atoms with Crippen LogP contribution < -0.4 is 10.6 Å². The van der Waals surface area contributed by atoms with Gasteiger partial charge in [0.2, 0.25) is 5.91 Å². The molecule has 1 aromatic carbocycles. The van der Waals surface area contributed by atoms with Gasteiger partial charge in [0.1, 0.15) is 0 Å². The van der Waals surface area contributed by atoms with E-state index >= 15 is 0 Å². The van der Waals surface area contributed by atoms with Crippen molar-refractivity contribution in [3.8, 4) is 0 Å². The minimum absolute atomic E-state index is 0.234. The number of amides is 1. The van der Waals surface area contributed by atoms with E-state index in [4.69, 9.17) is 5.73 Å². The van der Waals surface area contributed by atoms with E-state index in [0.717, 1.165) is 43.6 Å². The fourth-order valence-electron chi connectivity index (χ4n) is 2.88. The highest BCUT2D eigenvalue weighted by atomic mass is 32.1. The average molecular weight is 300 g/mol. The topological polar surface area (TPSA) is 46.3 Å². The quantitative estimate of drug-likeness (QED) is 0.876. The number of nitrogen functional groups attached to an aromatic ring is 1. The van der Waals surface area contributed by atoms with Crippen molar-refractivity contribution in [3.63, 3.8) is 0 Å². The van der Waals surface area contributed by atoms with Crippen molar-refractivity contribution in [1.82, 2.24) is 0 Å². The molecule has 1 aliphatic rings. The number of fused-ring (bicyclic) bond motifs is 1. The van der Waals surface area contributed by atoms with Gasteiger partial charge in [0.05, 0.1) is 0 Å². The zero-order chi connectivity index (χ0) is 14.7. The summed E-state index contributed by atoms with van der Waals surface area (Å²) in [5, 5.41) is 2.09. The maximum Gasteiger partial charge on any atom is 0.226 e. The zero-order valence-electron chi connectivity index (χ0n) is 12.0. The number of nitrogens with zero attached hydrogens (tertiary/aromatic N) is 1. The molecule has 21 heavy (non-hydrogen) atoms. The van der Waals surface area contributed by atoms with Crippen LogP contribution in [-0.2, 0) is 17.6 Å². The number of benzene rings is 1. The monoisotopic (exact) mass is 300 g/mol. The Morgan fingerprint density at radius 3 is 3.05 bits per heavy atom. The van der Waals surface area contributed by atoms with Crippen molar-refractivity contribution in [3.05, 3.63) is 46.2 Å². The predicted molar refractivity (Wildman–Crippen MR) is 88.8 cm³/mol. The Morgan fingerprint density at radius 2 is 2.24 bits per heavy atom. The van der Waals surface area contributed by atoms with Gasteiger partial charge in [-0.3, -0.25) is 4.79 Å². The van der Waals surface area contributed by atoms with Gasteiger partial charge in [-0.25, -0.2) is 0 Å². The second kappa shape index (κ2) is 6.31. The lowest BCUT2D eigenvalue weighted by Gasteiger charge is -2.29. The lowest BCUT2D eigenvalue weighted by Crippen LogP contribution is -2.35. The van der Waals surface area contributed by atoms with Crippen LogP contribution in [0.4, 0.5) is 11.4 Å². The van der Waals surface area contributed by atoms with Crippen molar-refractivity contribution < 1.29 is 4.79 Å². The summed E-state index contributed by atoms with van der Waals surface area (Å²) in [5.41, 5.74) is 8.87. The third-order valence-electron chi connectivity index (χ3n) is 3.92. The predicted octanol–water partition coefficient (Wildman–Crippen LogP) is 3.63. The third kappa shape index (κ3) is 3.27. The second-order valence-corrected chi connectivity index (χ2v) is 6.50. The molecule has 0 saturated heterocycles. The molecule has 3 rings (SSSR count). The van der Waals surface area contributed by atoms with Crippen LogP contribution in [0.15, 0.2) is 35.7 Å². The van der Waals surface area contributed by atoms with Crippen LogP contribution >= 0.6 is 11.3 Å². The van der Waals surface area contributed by atoms with E-state index in [0.29, 0.717) is 6.42 Å². The summed E-state index contributed by atoms with van der Waals surface area (Å²) in [6.07, 6.45) is 4.56. The first kappa shape index (κ1) is 14.1. The van der Waals surface area contributed by atoms with Gasteiger partial charge in [0.25, 0.3) is 0 Å². The standard InChI is InChI=1S/C17H20N2OS/c18-14-8-9-16-13(12-14)4-2-10-19(16)17(20)7-1-5-15-6-3-11-21-15/h3,6,8-9,11-12H,1-2,4-5,7,10,18H2. The van der Waals surface area contributed by atoms with Crippen molar-refractivity contribution in [1.29, 1.82) is 0 Å². The zero-order valence-corrected chi connectivity index (χ0v) is 12.9. The highest BCUT2D eigenvalue weighted by Crippen LogP contribution is 2.29. The van der Waals surface area contributed by atoms with E-state index in [1.54, 1.807) is 11.3 Å². The van der Waals surface area contributed by atoms with Crippen molar-refractivity contribution in [2.75, 3.05) is 17.2 Å². The molecule has 2 heterocycles. The van der Waals surface area contributed by atoms with Gasteiger partial charge in [-0.15, -0.1) is 11.3 Å². The minimum Gasteiger partial charge on any atom is -0.399 e. The minimum atomic E-state index is 0.234. The summed E-state index contributed by atoms with van der Waals surface area (Å²) < 4.78 is 0. The average Bonchev–Trinajstić information content (AvgIpc) is 2.99. The number of rotatable bonds is 4. The Kier molecular flexibility index (Phi) is 4.25. The molecule has 0 radical (unpaired) electrons. The maximum absolute atomic E-state index is 12.5. The van der Waals surface area contributed by atoms with E-state index < -0.39 is 0 Å². The van der Waals surface area contributed by atoms with Crippen LogP contribution in [0.3, 0.4) is 0 Å². The van der Waals surface area contributed by atoms with Crippen LogP contribution in [-0.4, -0.2) is 12.5 Å². The molecule has 0 unspecified atom stereocenters. The fourth-order valence-corrected chi connectivity index (χ4v) is 3.63. The lowest BCUT2D eigenvalue weighted by molar-refractivity contribution is -0.118. The number of thiophene rings is 1. The number of nitrogens with two attached hydrogens (primary N) is 1. The first-order valence-electron chi connectivity index (χ1n) is 7.45. The largest absolute Gasteiger partial charge is 0.399 e. The molecule has 1 amide bonds. The van der Waals surface area contributed by atoms with Gasteiger partial charge in [-0.1, -0.05) is 6.07 Å². The van der Waals surface area contributed by atoms with E-state index in [-0.39, 0.29) is 5.91 Å². The molecule has 2 N–H and O–H groups in total. The molecule has 0 spiro atoms. The third-order valence-corrected chi connectivity index (χ3v) is 4.85. The summed E-state index contributed by atoms with van der Waals surface area (Å²) in [4.78, 5) is 15.8. The number of hydrogen-bond acceptors (Lipinski definition) is 3. The van der Waals surface area contributed by atoms with Crippen molar-refractivity contribution >= 4 is 28.6 Å². The highest BCUT2D eigenvalue weighted by molar-refractivity contribution is 7.09. The van der Waals surface area contributed by atoms with Gasteiger partial charge in [-0.2, -0.15) is 0 Å². The van der Waals surface area contributed by atoms with E-state index in [2.05, 4.69) is 17.5 Å². The molecule has 0 atom stereocenters. The summed E-state index contributed by atoms with van der Waals surface area (Å²) in [5.74, 6) is 0.234. The lowest BCUT2D eigenvalue weighted by atomic mass is 10.0. The number of hydrogen-bond donors (Lipinski definition) is 1. The summed E-state index contributed by atoms with van der Waals surface area (Å²) in [6, 6.07) is 10.1. The molecule has 0 aliphatic carbocycles. The van der Waals surface area contributed by atoms with E-state index in [1.165, 1.54) is 10.4 Å². The number of carbonyl (C=O) groups excluding carboxylic acids is 1. The van der Waals surface area contributed by atoms with Gasteiger partial charge in [0, 0.05) is 29.2 Å². The maximum atomic E-state index is 12.5. The van der Waals surface area contributed by atoms with E-state index in [9.17, 15) is 4.79 Å². The van der Waals surface area contributed by atoms with Gasteiger partial charge in [-0.05, 0) is 60.9 Å². The van der Waals surface area contributed by atoms with Gasteiger partial charge in [0.15, 0.2) is 0 Å². The first-order valence-corrected chi connectivity index (χ1v) is 8.33. The molecule has 0 fully saturated rings. The van der Waals surface area contributed by atoms with Crippen LogP contribution in [0.2, 0.25) is 0 Å². The highest BCUT2D eigenvalue weighted by Gasteiger charge is 2.22. The Morgan fingerprint density at radius 1 is 1.33 bits per heavy atom. The Hall–Kier alpha value is -1.81. The fraction of sp³-hybridized carbons (Fsp3) is 0.353. The molecular weight excluding hydrogens is 280 g/mol. The smallest absolute Gasteiger partial charge is 0.226 e. The summed E-state index contributed by atoms with van der Waals surface area (Å²) in [7, 11) is 0. The van der Waals surface area contributed by atoms with Crippen molar-refractivity contribution in [2.24, 2.45) is 0 Å². The molecule has 0 saturated carbocycles. The molecule has 3 nitrogen and oxygen atoms in total. The molecule has 2 aromatic rings. The second-order valence-electron chi connectivity index (χ2n) is 5.47. The van der Waals surface area contributed by atoms with E-state index in [1.807, 2.05) is 23.1 Å². The molecule has 1 aliphatic heterocycles. The normalized spacial score (nSPS) is 14.0. The molecule has 1 aromatic heterocycles. The summed E-state index contributed by atoms with van der Waals surface area (Å²) >= 11 is 1.76. The van der Waals surface area contributed by atoms with Crippen LogP contribution in [0.1, 0.15) is 29.7 Å². The summed E-state index contributed by atoms with van der Waals surface area (Å²) in [6.45, 7) is 0.828. The number of anilines is 2. The van der Waals surface area contributed by atoms with Crippen molar-refractivity contribution in [2.45, 2.75) is 32.1 Å². The van der Waals surface area contributed by atoms with Crippen LogP contribution in [0, 0.1) is 0 Å². The molecular formula is C17H20N2OS. The van der Waals surface area contributed by atoms with Gasteiger partial charge < -0.3 is 10.6 Å². The molecule has 110 valence electrons. The Labute approximate surface area is 129 Å². The molecule has 0 bridgehead atoms. The SMILES string of the molecule is Nc1ccc2c(c1)CCCN2C(=O)CCCc1cccs1.